The summed E-state index contributed by atoms with van der Waals surface area (Å²) in [5.41, 5.74) is 4.85. The smallest absolute Gasteiger partial charge is 0.240 e. The number of carbonyl (C=O) groups excluding carboxylic acids is 1. The van der Waals surface area contributed by atoms with E-state index >= 15 is 0 Å². The Morgan fingerprint density at radius 3 is 1.96 bits per heavy atom. The molecule has 26 heavy (non-hydrogen) atoms. The van der Waals surface area contributed by atoms with Crippen LogP contribution in [0.25, 0.3) is 0 Å². The Kier molecular flexibility index (Phi) is 13.4. The number of hydrazone groups is 1. The Balaban J connectivity index is 2.22. The van der Waals surface area contributed by atoms with Crippen molar-refractivity contribution in [3.63, 3.8) is 0 Å². The summed E-state index contributed by atoms with van der Waals surface area (Å²) in [5, 5.41) is 4.41. The van der Waals surface area contributed by atoms with Gasteiger partial charge in [0.15, 0.2) is 0 Å². The minimum atomic E-state index is 0.0397. The molecule has 1 rings (SSSR count). The van der Waals surface area contributed by atoms with Crippen LogP contribution in [0.2, 0.25) is 0 Å². The number of unbranched alkanes of at least 4 members (excludes halogenated alkanes) is 9. The lowest BCUT2D eigenvalue weighted by Gasteiger charge is -2.07. The van der Waals surface area contributed by atoms with Crippen molar-refractivity contribution in [2.24, 2.45) is 5.10 Å². The van der Waals surface area contributed by atoms with Crippen molar-refractivity contribution in [2.75, 3.05) is 0 Å². The van der Waals surface area contributed by atoms with E-state index in [1.54, 1.807) is 0 Å². The number of amides is 1. The Hall–Kier alpha value is -1.64. The van der Waals surface area contributed by atoms with Gasteiger partial charge in [-0.3, -0.25) is 4.79 Å². The number of nitrogens with zero attached hydrogens (tertiary/aromatic N) is 1. The molecule has 0 aliphatic rings. The number of nitrogens with one attached hydrogen (secondary N) is 1. The highest BCUT2D eigenvalue weighted by Gasteiger charge is 2.05. The number of benzene rings is 1. The summed E-state index contributed by atoms with van der Waals surface area (Å²) in [6.45, 7) is 4.42. The van der Waals surface area contributed by atoms with E-state index in [-0.39, 0.29) is 5.91 Å². The van der Waals surface area contributed by atoms with Crippen LogP contribution in [0.5, 0.6) is 0 Å². The summed E-state index contributed by atoms with van der Waals surface area (Å²) in [7, 11) is 0. The molecule has 146 valence electrons. The number of hydrogen-bond acceptors (Lipinski definition) is 2. The molecular formula is C23H38N2O. The third kappa shape index (κ3) is 11.1. The van der Waals surface area contributed by atoms with Gasteiger partial charge in [0.1, 0.15) is 0 Å². The predicted octanol–water partition coefficient (Wildman–Crippen LogP) is 6.62. The first-order valence-corrected chi connectivity index (χ1v) is 10.7. The molecule has 0 unspecified atom stereocenters. The first kappa shape index (κ1) is 22.4. The second-order valence-electron chi connectivity index (χ2n) is 7.14. The lowest BCUT2D eigenvalue weighted by molar-refractivity contribution is -0.121. The van der Waals surface area contributed by atoms with Crippen LogP contribution >= 0.6 is 0 Å². The molecule has 0 saturated carbocycles. The molecule has 0 fully saturated rings. The van der Waals surface area contributed by atoms with Crippen molar-refractivity contribution in [1.29, 1.82) is 0 Å². The standard InChI is InChI=1S/C23H38N2O/c1-3-5-7-8-9-10-11-12-16-20-23(26)25-24-22(19-6-4-2)21-17-14-13-15-18-21/h13-15,17-18H,3-12,16,19-20H2,1-2H3,(H,25,26). The Labute approximate surface area is 160 Å². The van der Waals surface area contributed by atoms with Crippen molar-refractivity contribution in [2.45, 2.75) is 97.3 Å². The highest BCUT2D eigenvalue weighted by Crippen LogP contribution is 2.11. The van der Waals surface area contributed by atoms with Gasteiger partial charge in [-0.2, -0.15) is 5.10 Å². The van der Waals surface area contributed by atoms with E-state index in [1.807, 2.05) is 18.2 Å². The van der Waals surface area contributed by atoms with E-state index in [9.17, 15) is 4.79 Å². The van der Waals surface area contributed by atoms with Crippen molar-refractivity contribution >= 4 is 11.6 Å². The molecule has 0 atom stereocenters. The first-order valence-electron chi connectivity index (χ1n) is 10.7. The van der Waals surface area contributed by atoms with Crippen LogP contribution in [0.4, 0.5) is 0 Å². The van der Waals surface area contributed by atoms with E-state index in [0.29, 0.717) is 6.42 Å². The topological polar surface area (TPSA) is 41.5 Å². The van der Waals surface area contributed by atoms with Gasteiger partial charge in [0, 0.05) is 6.42 Å². The average Bonchev–Trinajstić information content (AvgIpc) is 2.67. The van der Waals surface area contributed by atoms with E-state index < -0.39 is 0 Å². The molecule has 0 aliphatic heterocycles. The lowest BCUT2D eigenvalue weighted by atomic mass is 10.1. The van der Waals surface area contributed by atoms with Crippen LogP contribution in [-0.2, 0) is 4.79 Å². The first-order chi connectivity index (χ1) is 12.8. The fourth-order valence-electron chi connectivity index (χ4n) is 3.02. The minimum absolute atomic E-state index is 0.0397. The highest BCUT2D eigenvalue weighted by molar-refractivity contribution is 6.01. The molecule has 3 heteroatoms. The lowest BCUT2D eigenvalue weighted by Crippen LogP contribution is -2.19. The third-order valence-electron chi connectivity index (χ3n) is 4.70. The summed E-state index contributed by atoms with van der Waals surface area (Å²) >= 11 is 0. The van der Waals surface area contributed by atoms with Crippen LogP contribution in [-0.4, -0.2) is 11.6 Å². The van der Waals surface area contributed by atoms with Crippen molar-refractivity contribution in [3.8, 4) is 0 Å². The maximum absolute atomic E-state index is 12.0. The monoisotopic (exact) mass is 358 g/mol. The Morgan fingerprint density at radius 2 is 1.35 bits per heavy atom. The predicted molar refractivity (Wildman–Crippen MR) is 112 cm³/mol. The maximum Gasteiger partial charge on any atom is 0.240 e. The van der Waals surface area contributed by atoms with E-state index in [1.165, 1.54) is 44.9 Å². The minimum Gasteiger partial charge on any atom is -0.273 e. The summed E-state index contributed by atoms with van der Waals surface area (Å²) in [5.74, 6) is 0.0397. The molecule has 1 aromatic carbocycles. The zero-order chi connectivity index (χ0) is 18.9. The molecular weight excluding hydrogens is 320 g/mol. The highest BCUT2D eigenvalue weighted by atomic mass is 16.2. The molecule has 0 heterocycles. The number of carbonyl (C=O) groups is 1. The van der Waals surface area contributed by atoms with Gasteiger partial charge in [-0.05, 0) is 24.8 Å². The quantitative estimate of drug-likeness (QED) is 0.214. The number of rotatable bonds is 15. The van der Waals surface area contributed by atoms with Crippen LogP contribution in [0.1, 0.15) is 103 Å². The Morgan fingerprint density at radius 1 is 0.769 bits per heavy atom. The maximum atomic E-state index is 12.0. The van der Waals surface area contributed by atoms with Gasteiger partial charge in [-0.25, -0.2) is 5.43 Å². The second-order valence-corrected chi connectivity index (χ2v) is 7.14. The van der Waals surface area contributed by atoms with Crippen molar-refractivity contribution in [1.82, 2.24) is 5.43 Å². The molecule has 0 aliphatic carbocycles. The molecule has 3 nitrogen and oxygen atoms in total. The van der Waals surface area contributed by atoms with Gasteiger partial charge >= 0.3 is 0 Å². The zero-order valence-electron chi connectivity index (χ0n) is 16.9. The van der Waals surface area contributed by atoms with Crippen LogP contribution in [0.15, 0.2) is 35.4 Å². The van der Waals surface area contributed by atoms with E-state index in [2.05, 4.69) is 36.5 Å². The molecule has 1 amide bonds. The van der Waals surface area contributed by atoms with E-state index in [0.717, 1.165) is 43.4 Å². The fraction of sp³-hybridized carbons (Fsp3) is 0.652. The molecule has 1 aromatic rings. The van der Waals surface area contributed by atoms with Crippen molar-refractivity contribution in [3.05, 3.63) is 35.9 Å². The largest absolute Gasteiger partial charge is 0.273 e. The molecule has 0 radical (unpaired) electrons. The second kappa shape index (κ2) is 15.6. The van der Waals surface area contributed by atoms with Gasteiger partial charge in [-0.15, -0.1) is 0 Å². The Bertz CT molecular complexity index is 496. The zero-order valence-corrected chi connectivity index (χ0v) is 16.9. The van der Waals surface area contributed by atoms with E-state index in [4.69, 9.17) is 0 Å². The average molecular weight is 359 g/mol. The molecule has 0 bridgehead atoms. The molecule has 1 N–H and O–H groups in total. The van der Waals surface area contributed by atoms with Crippen LogP contribution < -0.4 is 5.43 Å². The fourth-order valence-corrected chi connectivity index (χ4v) is 3.02. The molecule has 0 aromatic heterocycles. The molecule has 0 saturated heterocycles. The van der Waals surface area contributed by atoms with Gasteiger partial charge in [0.25, 0.3) is 0 Å². The summed E-state index contributed by atoms with van der Waals surface area (Å²) in [4.78, 5) is 12.0. The van der Waals surface area contributed by atoms with Crippen LogP contribution in [0, 0.1) is 0 Å². The van der Waals surface area contributed by atoms with Gasteiger partial charge in [0.05, 0.1) is 5.71 Å². The van der Waals surface area contributed by atoms with Crippen molar-refractivity contribution < 1.29 is 4.79 Å². The van der Waals surface area contributed by atoms with Gasteiger partial charge in [-0.1, -0.05) is 102 Å². The summed E-state index contributed by atoms with van der Waals surface area (Å²) in [6, 6.07) is 10.1. The van der Waals surface area contributed by atoms with Gasteiger partial charge in [0.2, 0.25) is 5.91 Å². The van der Waals surface area contributed by atoms with Gasteiger partial charge < -0.3 is 0 Å². The SMILES string of the molecule is CCCCCCCCCCCC(=O)NN=C(CCCC)c1ccccc1. The normalized spacial score (nSPS) is 11.5. The van der Waals surface area contributed by atoms with Crippen LogP contribution in [0.3, 0.4) is 0 Å². The molecule has 0 spiro atoms. The third-order valence-corrected chi connectivity index (χ3v) is 4.70. The summed E-state index contributed by atoms with van der Waals surface area (Å²) < 4.78 is 0. The summed E-state index contributed by atoms with van der Waals surface area (Å²) in [6.07, 6.45) is 15.1. The number of hydrogen-bond donors (Lipinski definition) is 1.